The molecule has 6 nitrogen and oxygen atoms in total. The van der Waals surface area contributed by atoms with Gasteiger partial charge in [-0.15, -0.1) is 0 Å². The van der Waals surface area contributed by atoms with Crippen LogP contribution >= 0.6 is 15.9 Å². The van der Waals surface area contributed by atoms with Crippen molar-refractivity contribution in [1.29, 1.82) is 0 Å². The van der Waals surface area contributed by atoms with Gasteiger partial charge in [-0.3, -0.25) is 14.4 Å². The predicted molar refractivity (Wildman–Crippen MR) is 117 cm³/mol. The molecule has 0 aliphatic rings. The van der Waals surface area contributed by atoms with E-state index < -0.39 is 18.5 Å². The largest absolute Gasteiger partial charge is 0.456 e. The fourth-order valence-corrected chi connectivity index (χ4v) is 2.96. The minimum atomic E-state index is -0.598. The van der Waals surface area contributed by atoms with Crippen molar-refractivity contribution in [2.24, 2.45) is 0 Å². The molecule has 0 unspecified atom stereocenters. The van der Waals surface area contributed by atoms with Gasteiger partial charge in [0, 0.05) is 22.3 Å². The van der Waals surface area contributed by atoms with Crippen LogP contribution in [0, 0.1) is 27.7 Å². The van der Waals surface area contributed by atoms with Crippen LogP contribution in [0.1, 0.15) is 35.1 Å². The SMILES string of the molecule is Cc1ccc(C)c(NC(=O)CCC(=O)OCC(=O)Nc2cc(C)c(Br)c(C)c2)c1. The summed E-state index contributed by atoms with van der Waals surface area (Å²) in [6, 6.07) is 9.42. The van der Waals surface area contributed by atoms with Crippen molar-refractivity contribution in [2.75, 3.05) is 17.2 Å². The first kappa shape index (κ1) is 22.6. The van der Waals surface area contributed by atoms with E-state index in [0.29, 0.717) is 5.69 Å². The van der Waals surface area contributed by atoms with E-state index in [1.165, 1.54) is 0 Å². The lowest BCUT2D eigenvalue weighted by Gasteiger charge is -2.11. The zero-order valence-electron chi connectivity index (χ0n) is 17.0. The highest BCUT2D eigenvalue weighted by Crippen LogP contribution is 2.25. The Kier molecular flexibility index (Phi) is 7.96. The summed E-state index contributed by atoms with van der Waals surface area (Å²) < 4.78 is 5.95. The molecule has 7 heteroatoms. The van der Waals surface area contributed by atoms with Crippen LogP contribution in [0.4, 0.5) is 11.4 Å². The topological polar surface area (TPSA) is 84.5 Å². The van der Waals surface area contributed by atoms with Crippen molar-refractivity contribution in [2.45, 2.75) is 40.5 Å². The monoisotopic (exact) mass is 460 g/mol. The van der Waals surface area contributed by atoms with Gasteiger partial charge < -0.3 is 15.4 Å². The summed E-state index contributed by atoms with van der Waals surface area (Å²) in [5, 5.41) is 5.49. The first-order valence-electron chi connectivity index (χ1n) is 9.25. The molecule has 2 N–H and O–H groups in total. The summed E-state index contributed by atoms with van der Waals surface area (Å²) in [5.41, 5.74) is 5.33. The number of hydrogen-bond acceptors (Lipinski definition) is 4. The smallest absolute Gasteiger partial charge is 0.306 e. The maximum atomic E-state index is 12.0. The highest BCUT2D eigenvalue weighted by Gasteiger charge is 2.12. The van der Waals surface area contributed by atoms with E-state index in [1.807, 2.05) is 58.0 Å². The average Bonchev–Trinajstić information content (AvgIpc) is 2.65. The molecule has 154 valence electrons. The molecule has 2 aromatic carbocycles. The Labute approximate surface area is 179 Å². The van der Waals surface area contributed by atoms with Gasteiger partial charge in [-0.05, 0) is 68.1 Å². The third-order valence-corrected chi connectivity index (χ3v) is 5.56. The summed E-state index contributed by atoms with van der Waals surface area (Å²) in [4.78, 5) is 35.9. The molecular weight excluding hydrogens is 436 g/mol. The molecule has 0 bridgehead atoms. The third-order valence-electron chi connectivity index (χ3n) is 4.31. The van der Waals surface area contributed by atoms with E-state index in [4.69, 9.17) is 4.74 Å². The lowest BCUT2D eigenvalue weighted by atomic mass is 10.1. The molecule has 0 heterocycles. The molecule has 0 spiro atoms. The Morgan fingerprint density at radius 2 is 1.52 bits per heavy atom. The number of benzene rings is 2. The second kappa shape index (κ2) is 10.2. The van der Waals surface area contributed by atoms with Crippen LogP contribution in [-0.4, -0.2) is 24.4 Å². The second-order valence-electron chi connectivity index (χ2n) is 7.00. The molecule has 0 aromatic heterocycles. The first-order valence-corrected chi connectivity index (χ1v) is 10.0. The number of aryl methyl sites for hydroxylation is 4. The fourth-order valence-electron chi connectivity index (χ4n) is 2.73. The van der Waals surface area contributed by atoms with Gasteiger partial charge in [0.25, 0.3) is 5.91 Å². The molecule has 29 heavy (non-hydrogen) atoms. The van der Waals surface area contributed by atoms with Crippen LogP contribution in [0.15, 0.2) is 34.8 Å². The molecule has 2 amide bonds. The summed E-state index contributed by atoms with van der Waals surface area (Å²) in [5.74, 6) is -1.31. The normalized spacial score (nSPS) is 10.4. The second-order valence-corrected chi connectivity index (χ2v) is 7.79. The van der Waals surface area contributed by atoms with Gasteiger partial charge in [0.1, 0.15) is 0 Å². The molecule has 0 aliphatic carbocycles. The number of nitrogens with one attached hydrogen (secondary N) is 2. The lowest BCUT2D eigenvalue weighted by Crippen LogP contribution is -2.22. The van der Waals surface area contributed by atoms with E-state index >= 15 is 0 Å². The van der Waals surface area contributed by atoms with Crippen LogP contribution in [-0.2, 0) is 19.1 Å². The van der Waals surface area contributed by atoms with Crippen molar-refractivity contribution in [1.82, 2.24) is 0 Å². The highest BCUT2D eigenvalue weighted by molar-refractivity contribution is 9.10. The Morgan fingerprint density at radius 1 is 0.862 bits per heavy atom. The fraction of sp³-hybridized carbons (Fsp3) is 0.318. The van der Waals surface area contributed by atoms with Gasteiger partial charge >= 0.3 is 5.97 Å². The van der Waals surface area contributed by atoms with E-state index in [-0.39, 0.29) is 18.7 Å². The molecule has 2 aromatic rings. The van der Waals surface area contributed by atoms with Crippen LogP contribution in [0.3, 0.4) is 0 Å². The number of anilines is 2. The van der Waals surface area contributed by atoms with Gasteiger partial charge in [0.15, 0.2) is 6.61 Å². The predicted octanol–water partition coefficient (Wildman–Crippen LogP) is 4.58. The van der Waals surface area contributed by atoms with Gasteiger partial charge in [-0.25, -0.2) is 0 Å². The van der Waals surface area contributed by atoms with Gasteiger partial charge in [0.05, 0.1) is 6.42 Å². The van der Waals surface area contributed by atoms with Crippen LogP contribution < -0.4 is 10.6 Å². The van der Waals surface area contributed by atoms with E-state index in [0.717, 1.165) is 32.4 Å². The Balaban J connectivity index is 1.75. The molecule has 2 rings (SSSR count). The first-order chi connectivity index (χ1) is 13.7. The zero-order valence-corrected chi connectivity index (χ0v) is 18.6. The minimum Gasteiger partial charge on any atom is -0.456 e. The van der Waals surface area contributed by atoms with Gasteiger partial charge in [-0.2, -0.15) is 0 Å². The molecule has 0 saturated carbocycles. The number of esters is 1. The highest BCUT2D eigenvalue weighted by atomic mass is 79.9. The Hall–Kier alpha value is -2.67. The quantitative estimate of drug-likeness (QED) is 0.591. The molecule has 0 aliphatic heterocycles. The molecule has 0 radical (unpaired) electrons. The van der Waals surface area contributed by atoms with E-state index in [9.17, 15) is 14.4 Å². The molecule has 0 saturated heterocycles. The molecule has 0 atom stereocenters. The Morgan fingerprint density at radius 3 is 2.17 bits per heavy atom. The number of carbonyl (C=O) groups is 3. The summed E-state index contributed by atoms with van der Waals surface area (Å²) >= 11 is 3.47. The van der Waals surface area contributed by atoms with Crippen molar-refractivity contribution < 1.29 is 19.1 Å². The van der Waals surface area contributed by atoms with Crippen LogP contribution in [0.5, 0.6) is 0 Å². The van der Waals surface area contributed by atoms with Crippen molar-refractivity contribution >= 4 is 45.1 Å². The minimum absolute atomic E-state index is 0.0149. The van der Waals surface area contributed by atoms with Crippen molar-refractivity contribution in [3.05, 3.63) is 57.1 Å². The van der Waals surface area contributed by atoms with Crippen molar-refractivity contribution in [3.8, 4) is 0 Å². The van der Waals surface area contributed by atoms with E-state index in [1.54, 1.807) is 0 Å². The van der Waals surface area contributed by atoms with Crippen LogP contribution in [0.25, 0.3) is 0 Å². The summed E-state index contributed by atoms with van der Waals surface area (Å²) in [6.07, 6.45) is -0.112. The number of hydrogen-bond donors (Lipinski definition) is 2. The molecule has 0 fully saturated rings. The maximum Gasteiger partial charge on any atom is 0.306 e. The summed E-state index contributed by atoms with van der Waals surface area (Å²) in [7, 11) is 0. The number of halogens is 1. The molecular formula is C22H25BrN2O4. The maximum absolute atomic E-state index is 12.0. The summed E-state index contributed by atoms with van der Waals surface area (Å²) in [6.45, 7) is 7.29. The Bertz CT molecular complexity index is 917. The average molecular weight is 461 g/mol. The zero-order chi connectivity index (χ0) is 21.6. The number of rotatable bonds is 7. The van der Waals surface area contributed by atoms with Crippen LogP contribution in [0.2, 0.25) is 0 Å². The number of ether oxygens (including phenoxy) is 1. The third kappa shape index (κ3) is 7.02. The van der Waals surface area contributed by atoms with Gasteiger partial charge in [-0.1, -0.05) is 28.1 Å². The van der Waals surface area contributed by atoms with Gasteiger partial charge in [0.2, 0.25) is 5.91 Å². The standard InChI is InChI=1S/C22H25BrN2O4/c1-13-5-6-14(2)18(9-13)25-19(26)7-8-21(28)29-12-20(27)24-17-10-15(3)22(23)16(4)11-17/h5-6,9-11H,7-8,12H2,1-4H3,(H,24,27)(H,25,26). The number of amides is 2. The lowest BCUT2D eigenvalue weighted by molar-refractivity contribution is -0.147. The number of carbonyl (C=O) groups excluding carboxylic acids is 3. The van der Waals surface area contributed by atoms with Crippen molar-refractivity contribution in [3.63, 3.8) is 0 Å². The van der Waals surface area contributed by atoms with E-state index in [2.05, 4.69) is 26.6 Å².